The highest BCUT2D eigenvalue weighted by atomic mass is 32.2. The van der Waals surface area contributed by atoms with Gasteiger partial charge in [0.1, 0.15) is 5.82 Å². The number of hydrogen-bond donors (Lipinski definition) is 1. The van der Waals surface area contributed by atoms with Gasteiger partial charge >= 0.3 is 0 Å². The van der Waals surface area contributed by atoms with Crippen LogP contribution in [0.5, 0.6) is 0 Å². The van der Waals surface area contributed by atoms with Crippen molar-refractivity contribution in [2.24, 2.45) is 0 Å². The van der Waals surface area contributed by atoms with Gasteiger partial charge in [0.15, 0.2) is 0 Å². The lowest BCUT2D eigenvalue weighted by atomic mass is 10.0. The van der Waals surface area contributed by atoms with E-state index in [-0.39, 0.29) is 17.8 Å². The third kappa shape index (κ3) is 4.85. The Kier molecular flexibility index (Phi) is 6.72. The Morgan fingerprint density at radius 2 is 2.04 bits per heavy atom. The Balaban J connectivity index is 2.15. The minimum Gasteiger partial charge on any atom is -0.369 e. The van der Waals surface area contributed by atoms with Crippen LogP contribution in [0.1, 0.15) is 25.5 Å². The Morgan fingerprint density at radius 1 is 1.35 bits per heavy atom. The monoisotopic (exact) mass is 339 g/mol. The molecule has 0 radical (unpaired) electrons. The molecule has 1 aromatic rings. The number of likely N-dealkylation sites (N-methyl/N-ethyl adjacent to an activating group) is 1. The topological polar surface area (TPSA) is 35.6 Å². The molecular weight excluding hydrogens is 313 g/mol. The van der Waals surface area contributed by atoms with E-state index in [0.717, 1.165) is 44.0 Å². The van der Waals surface area contributed by atoms with Crippen molar-refractivity contribution >= 4 is 23.4 Å². The first-order valence-electron chi connectivity index (χ1n) is 8.10. The summed E-state index contributed by atoms with van der Waals surface area (Å²) in [6, 6.07) is 4.68. The van der Waals surface area contributed by atoms with Crippen LogP contribution in [0, 0.1) is 5.82 Å². The summed E-state index contributed by atoms with van der Waals surface area (Å²) in [5.41, 5.74) is 1.88. The second kappa shape index (κ2) is 8.55. The average Bonchev–Trinajstić information content (AvgIpc) is 2.55. The predicted molar refractivity (Wildman–Crippen MR) is 95.7 cm³/mol. The van der Waals surface area contributed by atoms with Gasteiger partial charge in [0.2, 0.25) is 5.91 Å². The number of piperazine rings is 1. The summed E-state index contributed by atoms with van der Waals surface area (Å²) in [6.45, 7) is 9.03. The Labute approximate surface area is 142 Å². The summed E-state index contributed by atoms with van der Waals surface area (Å²) in [5, 5.41) is 2.96. The molecule has 1 N–H and O–H groups in total. The van der Waals surface area contributed by atoms with Crippen molar-refractivity contribution in [3.63, 3.8) is 0 Å². The standard InChI is InChI=1S/C17H26FN3OS/c1-4-20-7-9-21(10-8-20)16-6-5-14(18)11-15(16)13(2)19-17(22)12-23-3/h5-6,11,13H,4,7-10,12H2,1-3H3,(H,19,22). The molecule has 1 fully saturated rings. The fourth-order valence-electron chi connectivity index (χ4n) is 2.96. The van der Waals surface area contributed by atoms with Crippen LogP contribution in [0.25, 0.3) is 0 Å². The van der Waals surface area contributed by atoms with Crippen molar-refractivity contribution in [2.75, 3.05) is 49.6 Å². The molecular formula is C17H26FN3OS. The maximum absolute atomic E-state index is 13.7. The molecule has 1 aliphatic heterocycles. The summed E-state index contributed by atoms with van der Waals surface area (Å²) in [6.07, 6.45) is 1.89. The fourth-order valence-corrected chi connectivity index (χ4v) is 3.30. The van der Waals surface area contributed by atoms with Crippen molar-refractivity contribution < 1.29 is 9.18 Å². The van der Waals surface area contributed by atoms with Crippen LogP contribution in [-0.2, 0) is 4.79 Å². The quantitative estimate of drug-likeness (QED) is 0.864. The van der Waals surface area contributed by atoms with Crippen LogP contribution in [0.2, 0.25) is 0 Å². The van der Waals surface area contributed by atoms with Gasteiger partial charge in [-0.1, -0.05) is 6.92 Å². The molecule has 0 saturated carbocycles. The number of benzene rings is 1. The largest absolute Gasteiger partial charge is 0.369 e. The molecule has 1 unspecified atom stereocenters. The van der Waals surface area contributed by atoms with E-state index >= 15 is 0 Å². The molecule has 0 spiro atoms. The van der Waals surface area contributed by atoms with Gasteiger partial charge in [-0.25, -0.2) is 4.39 Å². The van der Waals surface area contributed by atoms with Gasteiger partial charge in [-0.15, -0.1) is 0 Å². The van der Waals surface area contributed by atoms with Crippen LogP contribution in [0.3, 0.4) is 0 Å². The molecule has 4 nitrogen and oxygen atoms in total. The van der Waals surface area contributed by atoms with Gasteiger partial charge in [0, 0.05) is 37.4 Å². The molecule has 0 aromatic heterocycles. The zero-order valence-electron chi connectivity index (χ0n) is 14.1. The molecule has 2 rings (SSSR count). The van der Waals surface area contributed by atoms with Gasteiger partial charge in [0.05, 0.1) is 11.8 Å². The molecule has 1 saturated heterocycles. The van der Waals surface area contributed by atoms with Crippen molar-refractivity contribution in [3.05, 3.63) is 29.6 Å². The normalized spacial score (nSPS) is 17.1. The fraction of sp³-hybridized carbons (Fsp3) is 0.588. The molecule has 1 heterocycles. The summed E-state index contributed by atoms with van der Waals surface area (Å²) in [4.78, 5) is 16.5. The van der Waals surface area contributed by atoms with Gasteiger partial charge in [-0.3, -0.25) is 4.79 Å². The zero-order chi connectivity index (χ0) is 16.8. The third-order valence-corrected chi connectivity index (χ3v) is 4.82. The molecule has 1 atom stereocenters. The smallest absolute Gasteiger partial charge is 0.230 e. The first-order chi connectivity index (χ1) is 11.0. The van der Waals surface area contributed by atoms with Gasteiger partial charge in [0.25, 0.3) is 0 Å². The summed E-state index contributed by atoms with van der Waals surface area (Å²) >= 11 is 1.48. The van der Waals surface area contributed by atoms with E-state index in [1.165, 1.54) is 17.8 Å². The van der Waals surface area contributed by atoms with Crippen LogP contribution in [0.4, 0.5) is 10.1 Å². The Bertz CT molecular complexity index is 533. The maximum Gasteiger partial charge on any atom is 0.230 e. The Morgan fingerprint density at radius 3 is 2.65 bits per heavy atom. The third-order valence-electron chi connectivity index (χ3n) is 4.27. The minimum atomic E-state index is -0.262. The number of nitrogens with zero attached hydrogens (tertiary/aromatic N) is 2. The number of nitrogens with one attached hydrogen (secondary N) is 1. The maximum atomic E-state index is 13.7. The molecule has 128 valence electrons. The lowest BCUT2D eigenvalue weighted by Gasteiger charge is -2.37. The second-order valence-corrected chi connectivity index (χ2v) is 6.71. The highest BCUT2D eigenvalue weighted by Gasteiger charge is 2.21. The van der Waals surface area contributed by atoms with Crippen molar-refractivity contribution in [1.29, 1.82) is 0 Å². The van der Waals surface area contributed by atoms with Crippen molar-refractivity contribution in [2.45, 2.75) is 19.9 Å². The van der Waals surface area contributed by atoms with Crippen LogP contribution >= 0.6 is 11.8 Å². The summed E-state index contributed by atoms with van der Waals surface area (Å²) in [7, 11) is 0. The molecule has 23 heavy (non-hydrogen) atoms. The highest BCUT2D eigenvalue weighted by molar-refractivity contribution is 7.99. The van der Waals surface area contributed by atoms with Crippen molar-refractivity contribution in [3.8, 4) is 0 Å². The number of carbonyl (C=O) groups excluding carboxylic acids is 1. The average molecular weight is 339 g/mol. The molecule has 0 aliphatic carbocycles. The van der Waals surface area contributed by atoms with E-state index in [2.05, 4.69) is 22.0 Å². The number of thioether (sulfide) groups is 1. The first kappa shape index (κ1) is 18.1. The lowest BCUT2D eigenvalue weighted by Crippen LogP contribution is -2.46. The molecule has 1 aliphatic rings. The molecule has 1 aromatic carbocycles. The number of amides is 1. The Hall–Kier alpha value is -1.27. The van der Waals surface area contributed by atoms with E-state index in [9.17, 15) is 9.18 Å². The number of carbonyl (C=O) groups is 1. The second-order valence-electron chi connectivity index (χ2n) is 5.85. The number of anilines is 1. The zero-order valence-corrected chi connectivity index (χ0v) is 15.0. The lowest BCUT2D eigenvalue weighted by molar-refractivity contribution is -0.119. The van der Waals surface area contributed by atoms with Gasteiger partial charge < -0.3 is 15.1 Å². The number of halogens is 1. The highest BCUT2D eigenvalue weighted by Crippen LogP contribution is 2.28. The van der Waals surface area contributed by atoms with Gasteiger partial charge in [-0.05, 0) is 37.9 Å². The van der Waals surface area contributed by atoms with Gasteiger partial charge in [-0.2, -0.15) is 11.8 Å². The minimum absolute atomic E-state index is 0.0176. The molecule has 6 heteroatoms. The molecule has 1 amide bonds. The first-order valence-corrected chi connectivity index (χ1v) is 9.49. The predicted octanol–water partition coefficient (Wildman–Crippen LogP) is 2.51. The summed E-state index contributed by atoms with van der Waals surface area (Å²) < 4.78 is 13.7. The van der Waals surface area contributed by atoms with Crippen LogP contribution < -0.4 is 10.2 Å². The van der Waals surface area contributed by atoms with E-state index in [1.54, 1.807) is 6.07 Å². The van der Waals surface area contributed by atoms with Crippen LogP contribution in [-0.4, -0.2) is 55.5 Å². The van der Waals surface area contributed by atoms with Crippen molar-refractivity contribution in [1.82, 2.24) is 10.2 Å². The molecule has 0 bridgehead atoms. The number of hydrogen-bond acceptors (Lipinski definition) is 4. The SMILES string of the molecule is CCN1CCN(c2ccc(F)cc2C(C)NC(=O)CSC)CC1. The van der Waals surface area contributed by atoms with E-state index in [0.29, 0.717) is 5.75 Å². The number of rotatable bonds is 6. The van der Waals surface area contributed by atoms with E-state index in [1.807, 2.05) is 19.2 Å². The van der Waals surface area contributed by atoms with E-state index in [4.69, 9.17) is 0 Å². The van der Waals surface area contributed by atoms with E-state index < -0.39 is 0 Å². The summed E-state index contributed by atoms with van der Waals surface area (Å²) in [5.74, 6) is 0.141. The van der Waals surface area contributed by atoms with Crippen LogP contribution in [0.15, 0.2) is 18.2 Å².